The van der Waals surface area contributed by atoms with Crippen LogP contribution >= 0.6 is 0 Å². The van der Waals surface area contributed by atoms with Crippen molar-refractivity contribution in [2.75, 3.05) is 5.32 Å². The Balaban J connectivity index is 1.59. The molecular formula is C29H22N2O. The minimum Gasteiger partial charge on any atom is -0.356 e. The molecule has 3 nitrogen and oxygen atoms in total. The molecule has 1 aromatic heterocycles. The number of hydrogen-bond donors (Lipinski definition) is 1. The SMILES string of the molecule is c1ccc(C2(c3ccccc3)O[C@@H](c3ccc4cccnc4c3)Nc3ccccc32)cc1. The molecule has 4 aromatic carbocycles. The Bertz CT molecular complexity index is 1340. The number of aromatic nitrogens is 1. The first kappa shape index (κ1) is 18.8. The van der Waals surface area contributed by atoms with Crippen LogP contribution < -0.4 is 5.32 Å². The van der Waals surface area contributed by atoms with Gasteiger partial charge in [0.2, 0.25) is 0 Å². The van der Waals surface area contributed by atoms with Gasteiger partial charge in [0.15, 0.2) is 6.23 Å². The number of para-hydroxylation sites is 1. The number of nitrogens with one attached hydrogen (secondary N) is 1. The molecule has 0 fully saturated rings. The number of fused-ring (bicyclic) bond motifs is 2. The summed E-state index contributed by atoms with van der Waals surface area (Å²) in [7, 11) is 0. The average molecular weight is 415 g/mol. The highest BCUT2D eigenvalue weighted by atomic mass is 16.5. The summed E-state index contributed by atoms with van der Waals surface area (Å²) >= 11 is 0. The third-order valence-electron chi connectivity index (χ3n) is 6.18. The van der Waals surface area contributed by atoms with Crippen LogP contribution in [0.1, 0.15) is 28.5 Å². The number of pyridine rings is 1. The van der Waals surface area contributed by atoms with Crippen molar-refractivity contribution in [1.82, 2.24) is 4.98 Å². The summed E-state index contributed by atoms with van der Waals surface area (Å²) in [6.07, 6.45) is 1.49. The fraction of sp³-hybridized carbons (Fsp3) is 0.0690. The quantitative estimate of drug-likeness (QED) is 0.358. The molecule has 0 aliphatic carbocycles. The molecule has 3 heteroatoms. The molecule has 0 saturated carbocycles. The molecule has 1 N–H and O–H groups in total. The monoisotopic (exact) mass is 414 g/mol. The summed E-state index contributed by atoms with van der Waals surface area (Å²) < 4.78 is 7.07. The molecule has 6 rings (SSSR count). The molecule has 0 spiro atoms. The first-order valence-electron chi connectivity index (χ1n) is 10.8. The van der Waals surface area contributed by atoms with Crippen molar-refractivity contribution in [3.8, 4) is 0 Å². The summed E-state index contributed by atoms with van der Waals surface area (Å²) in [6.45, 7) is 0. The van der Waals surface area contributed by atoms with Crippen LogP contribution in [0.2, 0.25) is 0 Å². The lowest BCUT2D eigenvalue weighted by molar-refractivity contribution is -0.0431. The third kappa shape index (κ3) is 2.98. The highest BCUT2D eigenvalue weighted by Crippen LogP contribution is 2.50. The van der Waals surface area contributed by atoms with Crippen LogP contribution in [0.4, 0.5) is 5.69 Å². The van der Waals surface area contributed by atoms with Gasteiger partial charge in [0.05, 0.1) is 5.52 Å². The van der Waals surface area contributed by atoms with Gasteiger partial charge in [-0.05, 0) is 29.3 Å². The zero-order chi connectivity index (χ0) is 21.4. The van der Waals surface area contributed by atoms with E-state index < -0.39 is 5.60 Å². The van der Waals surface area contributed by atoms with Crippen LogP contribution in [0.15, 0.2) is 121 Å². The first-order chi connectivity index (χ1) is 15.8. The summed E-state index contributed by atoms with van der Waals surface area (Å²) in [5.74, 6) is 0. The molecule has 1 aliphatic rings. The van der Waals surface area contributed by atoms with Crippen molar-refractivity contribution in [3.05, 3.63) is 144 Å². The maximum Gasteiger partial charge on any atom is 0.156 e. The van der Waals surface area contributed by atoms with E-state index in [1.165, 1.54) is 0 Å². The summed E-state index contributed by atoms with van der Waals surface area (Å²) in [6, 6.07) is 39.8. The summed E-state index contributed by atoms with van der Waals surface area (Å²) in [5, 5.41) is 4.74. The second kappa shape index (κ2) is 7.63. The van der Waals surface area contributed by atoms with Crippen molar-refractivity contribution in [1.29, 1.82) is 0 Å². The molecule has 32 heavy (non-hydrogen) atoms. The van der Waals surface area contributed by atoms with Gasteiger partial charge in [-0.1, -0.05) is 97.1 Å². The minimum atomic E-state index is -0.742. The van der Waals surface area contributed by atoms with E-state index in [0.717, 1.165) is 38.8 Å². The van der Waals surface area contributed by atoms with Gasteiger partial charge in [-0.15, -0.1) is 0 Å². The van der Waals surface area contributed by atoms with Crippen molar-refractivity contribution in [2.24, 2.45) is 0 Å². The van der Waals surface area contributed by atoms with E-state index in [0.29, 0.717) is 0 Å². The molecule has 1 aliphatic heterocycles. The van der Waals surface area contributed by atoms with Crippen LogP contribution in [0.25, 0.3) is 10.9 Å². The van der Waals surface area contributed by atoms with Crippen molar-refractivity contribution < 1.29 is 4.74 Å². The van der Waals surface area contributed by atoms with E-state index in [1.54, 1.807) is 0 Å². The second-order valence-electron chi connectivity index (χ2n) is 8.06. The van der Waals surface area contributed by atoms with Crippen LogP contribution in [0, 0.1) is 0 Å². The van der Waals surface area contributed by atoms with E-state index >= 15 is 0 Å². The topological polar surface area (TPSA) is 34.1 Å². The maximum absolute atomic E-state index is 7.07. The average Bonchev–Trinajstić information content (AvgIpc) is 2.88. The number of rotatable bonds is 3. The molecule has 0 bridgehead atoms. The van der Waals surface area contributed by atoms with E-state index in [4.69, 9.17) is 4.74 Å². The van der Waals surface area contributed by atoms with Crippen LogP contribution in [0.3, 0.4) is 0 Å². The molecule has 1 atom stereocenters. The fourth-order valence-electron chi connectivity index (χ4n) is 4.68. The van der Waals surface area contributed by atoms with Crippen molar-refractivity contribution in [2.45, 2.75) is 11.8 Å². The van der Waals surface area contributed by atoms with Gasteiger partial charge in [-0.25, -0.2) is 0 Å². The molecular weight excluding hydrogens is 392 g/mol. The first-order valence-corrected chi connectivity index (χ1v) is 10.8. The Morgan fingerprint density at radius 2 is 1.38 bits per heavy atom. The maximum atomic E-state index is 7.07. The van der Waals surface area contributed by atoms with Crippen molar-refractivity contribution >= 4 is 16.6 Å². The Kier molecular flexibility index (Phi) is 4.48. The Morgan fingerprint density at radius 3 is 2.12 bits per heavy atom. The van der Waals surface area contributed by atoms with Crippen LogP contribution in [-0.2, 0) is 10.3 Å². The van der Waals surface area contributed by atoms with Gasteiger partial charge in [-0.2, -0.15) is 0 Å². The lowest BCUT2D eigenvalue weighted by Gasteiger charge is -2.44. The largest absolute Gasteiger partial charge is 0.356 e. The van der Waals surface area contributed by atoms with E-state index in [1.807, 2.05) is 24.4 Å². The molecule has 0 amide bonds. The summed E-state index contributed by atoms with van der Waals surface area (Å²) in [5.41, 5.74) is 5.63. The van der Waals surface area contributed by atoms with Gasteiger partial charge < -0.3 is 10.1 Å². The fourth-order valence-corrected chi connectivity index (χ4v) is 4.68. The lowest BCUT2D eigenvalue weighted by Crippen LogP contribution is -2.40. The molecule has 0 saturated heterocycles. The van der Waals surface area contributed by atoms with E-state index in [9.17, 15) is 0 Å². The summed E-state index contributed by atoms with van der Waals surface area (Å²) in [4.78, 5) is 4.55. The second-order valence-corrected chi connectivity index (χ2v) is 8.06. The van der Waals surface area contributed by atoms with E-state index in [-0.39, 0.29) is 6.23 Å². The smallest absolute Gasteiger partial charge is 0.156 e. The molecule has 2 heterocycles. The standard InChI is InChI=1S/C29H22N2O/c1-3-11-23(12-4-1)29(24-13-5-2-6-14-24)25-15-7-8-16-26(25)31-28(32-29)22-18-17-21-10-9-19-30-27(21)20-22/h1-20,28,31H/t28-/m0/s1. The number of nitrogens with zero attached hydrogens (tertiary/aromatic N) is 1. The Hall–Kier alpha value is -3.95. The zero-order valence-corrected chi connectivity index (χ0v) is 17.5. The third-order valence-corrected chi connectivity index (χ3v) is 6.18. The highest BCUT2D eigenvalue weighted by Gasteiger charge is 2.44. The van der Waals surface area contributed by atoms with Gasteiger partial charge >= 0.3 is 0 Å². The van der Waals surface area contributed by atoms with Crippen molar-refractivity contribution in [3.63, 3.8) is 0 Å². The highest BCUT2D eigenvalue weighted by molar-refractivity contribution is 5.79. The number of anilines is 1. The van der Waals surface area contributed by atoms with Gasteiger partial charge in [-0.3, -0.25) is 4.98 Å². The molecule has 154 valence electrons. The molecule has 5 aromatic rings. The van der Waals surface area contributed by atoms with Gasteiger partial charge in [0.1, 0.15) is 5.60 Å². The predicted octanol–water partition coefficient (Wildman–Crippen LogP) is 6.67. The Morgan fingerprint density at radius 1 is 0.688 bits per heavy atom. The van der Waals surface area contributed by atoms with E-state index in [2.05, 4.69) is 107 Å². The number of hydrogen-bond acceptors (Lipinski definition) is 3. The Labute approximate surface area is 187 Å². The van der Waals surface area contributed by atoms with Crippen LogP contribution in [0.5, 0.6) is 0 Å². The normalized spacial score (nSPS) is 16.8. The minimum absolute atomic E-state index is 0.336. The molecule has 0 radical (unpaired) electrons. The lowest BCUT2D eigenvalue weighted by atomic mass is 9.78. The van der Waals surface area contributed by atoms with Crippen LogP contribution in [-0.4, -0.2) is 4.98 Å². The number of ether oxygens (including phenoxy) is 1. The van der Waals surface area contributed by atoms with Gasteiger partial charge in [0, 0.05) is 28.4 Å². The number of benzene rings is 4. The predicted molar refractivity (Wildman–Crippen MR) is 128 cm³/mol. The molecule has 0 unspecified atom stereocenters. The zero-order valence-electron chi connectivity index (χ0n) is 17.5. The van der Waals surface area contributed by atoms with Gasteiger partial charge in [0.25, 0.3) is 0 Å².